The Morgan fingerprint density at radius 2 is 0.327 bits per heavy atom. The van der Waals surface area contributed by atoms with Gasteiger partial charge in [0.25, 0.3) is 0 Å². The Kier molecular flexibility index (Phi) is 31.7. The summed E-state index contributed by atoms with van der Waals surface area (Å²) < 4.78 is 7.99. The molecule has 0 atom stereocenters. The van der Waals surface area contributed by atoms with E-state index in [1.165, 1.54) is 154 Å². The van der Waals surface area contributed by atoms with Gasteiger partial charge >= 0.3 is 14.2 Å². The minimum absolute atomic E-state index is 0.489. The first-order valence-corrected chi connectivity index (χ1v) is 53.9. The van der Waals surface area contributed by atoms with E-state index >= 15 is 0 Å². The number of hydrogen-bond acceptors (Lipinski definition) is 5. The second kappa shape index (κ2) is 46.4. The summed E-state index contributed by atoms with van der Waals surface area (Å²) in [5.74, 6) is 0. The van der Waals surface area contributed by atoms with Crippen LogP contribution in [0, 0.1) is 3.57 Å². The van der Waals surface area contributed by atoms with Crippen LogP contribution in [0.25, 0.3) is 207 Å². The molecule has 0 aliphatic rings. The molecular weight excluding hydrogens is 2310 g/mol. The highest BCUT2D eigenvalue weighted by Gasteiger charge is 2.25. The molecule has 0 aliphatic carbocycles. The molecule has 26 rings (SSSR count). The summed E-state index contributed by atoms with van der Waals surface area (Å²) >= 11 is 23.8. The van der Waals surface area contributed by atoms with Crippen LogP contribution in [0.5, 0.6) is 0 Å². The summed E-state index contributed by atoms with van der Waals surface area (Å²) in [5.41, 5.74) is 18.9. The Balaban J connectivity index is 0.000000106. The lowest BCUT2D eigenvalue weighted by Gasteiger charge is -2.17. The van der Waals surface area contributed by atoms with E-state index in [1.54, 1.807) is 12.1 Å². The third-order valence-electron chi connectivity index (χ3n) is 26.7. The van der Waals surface area contributed by atoms with Gasteiger partial charge in [-0.05, 0) is 337 Å². The highest BCUT2D eigenvalue weighted by Crippen LogP contribution is 2.49. The Hall–Kier alpha value is -13.9. The molecule has 14 heteroatoms. The van der Waals surface area contributed by atoms with E-state index in [-0.39, 0.29) is 0 Å². The molecule has 147 heavy (non-hydrogen) atoms. The maximum Gasteiger partial charge on any atom is 0.489 e. The zero-order valence-corrected chi connectivity index (χ0v) is 90.7. The fourth-order valence-corrected chi connectivity index (χ4v) is 23.4. The molecular formula is C133H89B2Br6IO5. The highest BCUT2D eigenvalue weighted by molar-refractivity contribution is 14.1. The number of benzene rings is 26. The number of fused-ring (bicyclic) bond motifs is 12. The molecule has 0 amide bonds. The van der Waals surface area contributed by atoms with Gasteiger partial charge in [-0.1, -0.05) is 509 Å². The number of carbonyl (C=O) groups is 1. The van der Waals surface area contributed by atoms with Gasteiger partial charge in [-0.2, -0.15) is 0 Å². The van der Waals surface area contributed by atoms with Crippen LogP contribution in [0.3, 0.4) is 0 Å². The molecule has 5 nitrogen and oxygen atoms in total. The van der Waals surface area contributed by atoms with Crippen molar-refractivity contribution >= 4 is 279 Å². The molecule has 0 spiro atoms. The number of halogens is 7. The lowest BCUT2D eigenvalue weighted by atomic mass is 9.72. The van der Waals surface area contributed by atoms with Crippen LogP contribution in [0.4, 0.5) is 0 Å². The van der Waals surface area contributed by atoms with Crippen LogP contribution in [0.1, 0.15) is 10.4 Å². The second-order valence-electron chi connectivity index (χ2n) is 35.3. The van der Waals surface area contributed by atoms with Gasteiger partial charge in [-0.3, -0.25) is 4.79 Å². The van der Waals surface area contributed by atoms with Crippen molar-refractivity contribution in [2.45, 2.75) is 0 Å². The summed E-state index contributed by atoms with van der Waals surface area (Å²) in [4.78, 5) is 11.3. The van der Waals surface area contributed by atoms with Crippen LogP contribution in [-0.4, -0.2) is 40.6 Å². The Morgan fingerprint density at radius 1 is 0.170 bits per heavy atom. The van der Waals surface area contributed by atoms with Gasteiger partial charge in [-0.25, -0.2) is 0 Å². The normalized spacial score (nSPS) is 11.0. The van der Waals surface area contributed by atoms with Crippen molar-refractivity contribution in [1.29, 1.82) is 0 Å². The van der Waals surface area contributed by atoms with Crippen molar-refractivity contribution in [2.75, 3.05) is 0 Å². The molecule has 0 heterocycles. The standard InChI is InChI=1S/C26H19BO2.2C26H17Br.C20H15BO2.C15H9BrO.C14H8Br2.C6H4BrI/c28-27(29)20-16-14-19(15-17-20)26-23-12-6-4-10-21(23)25(18-8-2-1-3-9-18)22-11-5-7-13-24(22)26;2*27-20-16-14-19(15-17-20)26-23-12-6-4-10-21(23)25(18-8-2-1-3-9-18)22-11-5-7-13-24(22)26;22-21(23)20-17-12-6-4-10-15(17)19(14-8-2-1-3-9-14)16-11-5-7-13-18(16)20;16-15-12-7-3-1-5-10(12)14(9-17)11-6-2-4-8-13(11)15;15-13-9-5-1-2-6-10(9)14(16)12-8-4-3-7-11(12)13;7-5-1-3-6(8)4-2-5/h1-17,28-29H;2*1-17H;1-13,22-23H;1-9H;1-8H;1-4H. The quantitative estimate of drug-likeness (QED) is 0.0473. The first-order chi connectivity index (χ1) is 72.1. The molecule has 26 aromatic rings. The Morgan fingerprint density at radius 3 is 0.517 bits per heavy atom. The van der Waals surface area contributed by atoms with E-state index in [1.807, 2.05) is 146 Å². The minimum atomic E-state index is -1.50. The third-order valence-corrected chi connectivity index (χ3v) is 31.5. The number of hydrogen-bond donors (Lipinski definition) is 4. The van der Waals surface area contributed by atoms with Crippen LogP contribution in [0.15, 0.2) is 536 Å². The second-order valence-corrected chi connectivity index (χ2v) is 41.7. The monoisotopic (exact) mass is 2390 g/mol. The van der Waals surface area contributed by atoms with E-state index in [0.29, 0.717) is 10.9 Å². The van der Waals surface area contributed by atoms with E-state index in [2.05, 4.69) is 470 Å². The van der Waals surface area contributed by atoms with E-state index < -0.39 is 14.2 Å². The number of rotatable bonds is 10. The van der Waals surface area contributed by atoms with Crippen LogP contribution < -0.4 is 10.9 Å². The van der Waals surface area contributed by atoms with Crippen LogP contribution in [0.2, 0.25) is 0 Å². The van der Waals surface area contributed by atoms with E-state index in [9.17, 15) is 24.9 Å². The predicted octanol–water partition coefficient (Wildman–Crippen LogP) is 37.7. The smallest absolute Gasteiger partial charge is 0.423 e. The molecule has 0 unspecified atom stereocenters. The fourth-order valence-electron chi connectivity index (χ4n) is 20.2. The molecule has 0 aromatic heterocycles. The molecule has 0 bridgehead atoms. The van der Waals surface area contributed by atoms with Crippen molar-refractivity contribution in [3.8, 4) is 77.9 Å². The van der Waals surface area contributed by atoms with Crippen LogP contribution in [-0.2, 0) is 0 Å². The van der Waals surface area contributed by atoms with E-state index in [4.69, 9.17) is 0 Å². The molecule has 0 radical (unpaired) electrons. The van der Waals surface area contributed by atoms with Crippen molar-refractivity contribution in [3.05, 3.63) is 546 Å². The molecule has 0 aliphatic heterocycles. The zero-order chi connectivity index (χ0) is 101. The SMILES string of the molecule is Brc1c2ccccc2c(Br)c2ccccc12.Brc1ccc(-c2c3ccccc3c(-c3ccccc3)c3ccccc23)cc1.Brc1ccc(-c2c3ccccc3c(-c3ccccc3)c3ccccc23)cc1.Brc1ccc(I)cc1.O=Cc1c2ccccc2c(Br)c2ccccc12.OB(O)c1c2ccccc2c(-c2ccccc2)c2ccccc12.OB(O)c1ccc(-c2c3ccccc3c(-c3ccccc3)c3ccccc23)cc1. The number of carbonyl (C=O) groups excluding carboxylic acids is 1. The third kappa shape index (κ3) is 21.3. The van der Waals surface area contributed by atoms with Gasteiger partial charge in [-0.15, -0.1) is 0 Å². The topological polar surface area (TPSA) is 98.0 Å². The molecule has 0 saturated heterocycles. The zero-order valence-electron chi connectivity index (χ0n) is 79.1. The maximum absolute atomic E-state index is 11.3. The van der Waals surface area contributed by atoms with Gasteiger partial charge in [0.05, 0.1) is 0 Å². The fraction of sp³-hybridized carbons (Fsp3) is 0. The highest BCUT2D eigenvalue weighted by atomic mass is 127. The van der Waals surface area contributed by atoms with Gasteiger partial charge < -0.3 is 20.1 Å². The predicted molar refractivity (Wildman–Crippen MR) is 657 cm³/mol. The molecule has 0 saturated carbocycles. The van der Waals surface area contributed by atoms with E-state index in [0.717, 1.165) is 95.1 Å². The summed E-state index contributed by atoms with van der Waals surface area (Å²) in [5, 5.41) is 66.8. The van der Waals surface area contributed by atoms with Crippen LogP contribution >= 0.6 is 118 Å². The minimum Gasteiger partial charge on any atom is -0.423 e. The average Bonchev–Trinajstić information content (AvgIpc) is 0.740. The largest absolute Gasteiger partial charge is 0.489 e. The van der Waals surface area contributed by atoms with Crippen molar-refractivity contribution < 1.29 is 24.9 Å². The van der Waals surface area contributed by atoms with Gasteiger partial charge in [0.1, 0.15) is 0 Å². The summed E-state index contributed by atoms with van der Waals surface area (Å²) in [6.07, 6.45) is 0.942. The van der Waals surface area contributed by atoms with Gasteiger partial charge in [0.15, 0.2) is 6.29 Å². The summed E-state index contributed by atoms with van der Waals surface area (Å²) in [6.45, 7) is 0. The first-order valence-electron chi connectivity index (χ1n) is 48.1. The van der Waals surface area contributed by atoms with Crippen molar-refractivity contribution in [3.63, 3.8) is 0 Å². The Labute approximate surface area is 917 Å². The lowest BCUT2D eigenvalue weighted by Crippen LogP contribution is -2.31. The molecule has 0 fully saturated rings. The van der Waals surface area contributed by atoms with Crippen molar-refractivity contribution in [2.24, 2.45) is 0 Å². The lowest BCUT2D eigenvalue weighted by molar-refractivity contribution is 0.112. The molecule has 706 valence electrons. The Bertz CT molecular complexity index is 8700. The van der Waals surface area contributed by atoms with Gasteiger partial charge in [0.2, 0.25) is 0 Å². The van der Waals surface area contributed by atoms with Crippen molar-refractivity contribution in [1.82, 2.24) is 0 Å². The molecule has 4 N–H and O–H groups in total. The van der Waals surface area contributed by atoms with Gasteiger partial charge in [0, 0.05) is 36.0 Å². The summed E-state index contributed by atoms with van der Waals surface area (Å²) in [7, 11) is -2.97. The average molecular weight is 2400 g/mol. The summed E-state index contributed by atoms with van der Waals surface area (Å²) in [6, 6.07) is 176. The first kappa shape index (κ1) is 100. The number of aldehydes is 1. The maximum atomic E-state index is 11.3. The molecule has 26 aromatic carbocycles.